The largest absolute Gasteiger partial charge is 0.348 e. The second kappa shape index (κ2) is 4.40. The van der Waals surface area contributed by atoms with E-state index in [-0.39, 0.29) is 5.79 Å². The van der Waals surface area contributed by atoms with Gasteiger partial charge in [0.2, 0.25) is 0 Å². The quantitative estimate of drug-likeness (QED) is 0.780. The molecule has 2 fully saturated rings. The Morgan fingerprint density at radius 3 is 2.13 bits per heavy atom. The molecule has 1 heterocycles. The van der Waals surface area contributed by atoms with Crippen LogP contribution in [0.25, 0.3) is 0 Å². The molecule has 0 bridgehead atoms. The van der Waals surface area contributed by atoms with Crippen LogP contribution in [0.1, 0.15) is 45.4 Å². The summed E-state index contributed by atoms with van der Waals surface area (Å²) in [5.74, 6) is -0.215. The van der Waals surface area contributed by atoms with E-state index in [1.807, 2.05) is 0 Å². The molecule has 1 aliphatic heterocycles. The molecule has 2 rings (SSSR count). The average Bonchev–Trinajstić information content (AvgIpc) is 2.72. The van der Waals surface area contributed by atoms with Gasteiger partial charge in [-0.3, -0.25) is 0 Å². The molecule has 0 radical (unpaired) electrons. The van der Waals surface area contributed by atoms with Gasteiger partial charge in [0, 0.05) is 12.8 Å². The van der Waals surface area contributed by atoms with Gasteiger partial charge in [-0.05, 0) is 31.2 Å². The van der Waals surface area contributed by atoms with Gasteiger partial charge in [-0.1, -0.05) is 13.3 Å². The third-order valence-electron chi connectivity index (χ3n) is 4.31. The van der Waals surface area contributed by atoms with Crippen LogP contribution in [0, 0.1) is 5.41 Å². The second-order valence-electron chi connectivity index (χ2n) is 5.00. The Morgan fingerprint density at radius 1 is 1.07 bits per heavy atom. The van der Waals surface area contributed by atoms with E-state index in [2.05, 4.69) is 6.92 Å². The SMILES string of the molecule is CCC1(CCN)CCC2(CC1)OCCO2. The van der Waals surface area contributed by atoms with E-state index in [1.165, 1.54) is 19.3 Å². The minimum Gasteiger partial charge on any atom is -0.348 e. The van der Waals surface area contributed by atoms with Crippen molar-refractivity contribution in [3.05, 3.63) is 0 Å². The van der Waals surface area contributed by atoms with Crippen molar-refractivity contribution in [2.24, 2.45) is 11.1 Å². The molecule has 0 aromatic rings. The van der Waals surface area contributed by atoms with Gasteiger partial charge in [0.15, 0.2) is 5.79 Å². The lowest BCUT2D eigenvalue weighted by atomic mass is 9.68. The third-order valence-corrected chi connectivity index (χ3v) is 4.31. The van der Waals surface area contributed by atoms with Gasteiger partial charge in [-0.15, -0.1) is 0 Å². The van der Waals surface area contributed by atoms with Crippen molar-refractivity contribution < 1.29 is 9.47 Å². The second-order valence-corrected chi connectivity index (χ2v) is 5.00. The molecular weight excluding hydrogens is 190 g/mol. The zero-order chi connectivity index (χ0) is 10.8. The van der Waals surface area contributed by atoms with Crippen LogP contribution in [0.3, 0.4) is 0 Å². The van der Waals surface area contributed by atoms with Crippen molar-refractivity contribution in [3.8, 4) is 0 Å². The first-order chi connectivity index (χ1) is 7.24. The highest BCUT2D eigenvalue weighted by Gasteiger charge is 2.44. The van der Waals surface area contributed by atoms with Crippen LogP contribution in [0.2, 0.25) is 0 Å². The number of nitrogens with two attached hydrogens (primary N) is 1. The summed E-state index contributed by atoms with van der Waals surface area (Å²) in [6.45, 7) is 4.64. The summed E-state index contributed by atoms with van der Waals surface area (Å²) in [7, 11) is 0. The van der Waals surface area contributed by atoms with Crippen LogP contribution < -0.4 is 5.73 Å². The number of rotatable bonds is 3. The number of hydrogen-bond donors (Lipinski definition) is 1. The van der Waals surface area contributed by atoms with E-state index in [1.54, 1.807) is 0 Å². The minimum absolute atomic E-state index is 0.215. The molecule has 3 nitrogen and oxygen atoms in total. The Bertz CT molecular complexity index is 202. The average molecular weight is 213 g/mol. The van der Waals surface area contributed by atoms with Crippen LogP contribution >= 0.6 is 0 Å². The van der Waals surface area contributed by atoms with Gasteiger partial charge in [0.1, 0.15) is 0 Å². The lowest BCUT2D eigenvalue weighted by molar-refractivity contribution is -0.192. The fourth-order valence-corrected chi connectivity index (χ4v) is 3.03. The van der Waals surface area contributed by atoms with E-state index in [0.717, 1.165) is 39.0 Å². The maximum atomic E-state index is 5.74. The molecule has 0 aromatic carbocycles. The highest BCUT2D eigenvalue weighted by Crippen LogP contribution is 2.48. The molecule has 0 atom stereocenters. The standard InChI is InChI=1S/C12H23NO2/c1-2-11(7-8-13)3-5-12(6-4-11)14-9-10-15-12/h2-10,13H2,1H3. The van der Waals surface area contributed by atoms with Crippen LogP contribution in [-0.4, -0.2) is 25.5 Å². The minimum atomic E-state index is -0.215. The van der Waals surface area contributed by atoms with Crippen LogP contribution in [-0.2, 0) is 9.47 Å². The fraction of sp³-hybridized carbons (Fsp3) is 1.00. The van der Waals surface area contributed by atoms with Gasteiger partial charge in [-0.25, -0.2) is 0 Å². The Balaban J connectivity index is 1.94. The van der Waals surface area contributed by atoms with E-state index in [9.17, 15) is 0 Å². The Labute approximate surface area is 92.3 Å². The van der Waals surface area contributed by atoms with Gasteiger partial charge >= 0.3 is 0 Å². The maximum Gasteiger partial charge on any atom is 0.168 e. The van der Waals surface area contributed by atoms with E-state index in [0.29, 0.717) is 5.41 Å². The van der Waals surface area contributed by atoms with E-state index >= 15 is 0 Å². The lowest BCUT2D eigenvalue weighted by Gasteiger charge is -2.43. The number of ether oxygens (including phenoxy) is 2. The molecule has 0 aromatic heterocycles. The summed E-state index contributed by atoms with van der Waals surface area (Å²) in [4.78, 5) is 0. The van der Waals surface area contributed by atoms with Crippen molar-refractivity contribution in [1.29, 1.82) is 0 Å². The predicted octanol–water partition coefficient (Wildman–Crippen LogP) is 2.05. The summed E-state index contributed by atoms with van der Waals surface area (Å²) in [5, 5.41) is 0. The maximum absolute atomic E-state index is 5.74. The summed E-state index contributed by atoms with van der Waals surface area (Å²) < 4.78 is 11.5. The van der Waals surface area contributed by atoms with Crippen molar-refractivity contribution in [1.82, 2.24) is 0 Å². The highest BCUT2D eigenvalue weighted by atomic mass is 16.7. The van der Waals surface area contributed by atoms with Gasteiger partial charge in [0.25, 0.3) is 0 Å². The van der Waals surface area contributed by atoms with Crippen molar-refractivity contribution in [2.75, 3.05) is 19.8 Å². The highest BCUT2D eigenvalue weighted by molar-refractivity contribution is 4.90. The monoisotopic (exact) mass is 213 g/mol. The molecule has 15 heavy (non-hydrogen) atoms. The molecule has 1 saturated heterocycles. The smallest absolute Gasteiger partial charge is 0.168 e. The van der Waals surface area contributed by atoms with Gasteiger partial charge in [0.05, 0.1) is 13.2 Å². The van der Waals surface area contributed by atoms with Crippen LogP contribution in [0.5, 0.6) is 0 Å². The molecule has 0 amide bonds. The summed E-state index contributed by atoms with van der Waals surface area (Å²) >= 11 is 0. The molecule has 3 heteroatoms. The van der Waals surface area contributed by atoms with Crippen LogP contribution in [0.4, 0.5) is 0 Å². The first-order valence-electron chi connectivity index (χ1n) is 6.22. The molecule has 1 saturated carbocycles. The molecular formula is C12H23NO2. The molecule has 2 aliphatic rings. The molecule has 2 N–H and O–H groups in total. The van der Waals surface area contributed by atoms with E-state index < -0.39 is 0 Å². The van der Waals surface area contributed by atoms with Crippen molar-refractivity contribution in [2.45, 2.75) is 51.2 Å². The normalized spacial score (nSPS) is 28.4. The van der Waals surface area contributed by atoms with Crippen molar-refractivity contribution >= 4 is 0 Å². The zero-order valence-corrected chi connectivity index (χ0v) is 9.76. The fourth-order valence-electron chi connectivity index (χ4n) is 3.03. The number of hydrogen-bond acceptors (Lipinski definition) is 3. The summed E-state index contributed by atoms with van der Waals surface area (Å²) in [6.07, 6.45) is 6.92. The first kappa shape index (κ1) is 11.4. The topological polar surface area (TPSA) is 44.5 Å². The van der Waals surface area contributed by atoms with E-state index in [4.69, 9.17) is 15.2 Å². The molecule has 1 aliphatic carbocycles. The zero-order valence-electron chi connectivity index (χ0n) is 9.76. The first-order valence-corrected chi connectivity index (χ1v) is 6.22. The summed E-state index contributed by atoms with van der Waals surface area (Å²) in [5.41, 5.74) is 6.17. The Kier molecular flexibility index (Phi) is 3.33. The van der Waals surface area contributed by atoms with Crippen molar-refractivity contribution in [3.63, 3.8) is 0 Å². The van der Waals surface area contributed by atoms with Gasteiger partial charge < -0.3 is 15.2 Å². The predicted molar refractivity (Wildman–Crippen MR) is 59.5 cm³/mol. The molecule has 1 spiro atoms. The van der Waals surface area contributed by atoms with Gasteiger partial charge in [-0.2, -0.15) is 0 Å². The third kappa shape index (κ3) is 2.19. The summed E-state index contributed by atoms with van der Waals surface area (Å²) in [6, 6.07) is 0. The molecule has 88 valence electrons. The Morgan fingerprint density at radius 2 is 1.67 bits per heavy atom. The Hall–Kier alpha value is -0.120. The molecule has 0 unspecified atom stereocenters. The van der Waals surface area contributed by atoms with Crippen LogP contribution in [0.15, 0.2) is 0 Å². The lowest BCUT2D eigenvalue weighted by Crippen LogP contribution is -2.40.